The lowest BCUT2D eigenvalue weighted by Gasteiger charge is -2.28. The van der Waals surface area contributed by atoms with Gasteiger partial charge in [-0.05, 0) is 24.2 Å². The molecule has 1 amide bonds. The van der Waals surface area contributed by atoms with E-state index in [4.69, 9.17) is 4.74 Å². The normalized spacial score (nSPS) is 20.2. The highest BCUT2D eigenvalue weighted by Crippen LogP contribution is 2.17. The first-order valence-corrected chi connectivity index (χ1v) is 8.33. The summed E-state index contributed by atoms with van der Waals surface area (Å²) < 4.78 is 6.88. The van der Waals surface area contributed by atoms with Gasteiger partial charge < -0.3 is 15.2 Å². The van der Waals surface area contributed by atoms with Gasteiger partial charge in [-0.15, -0.1) is 5.10 Å². The van der Waals surface area contributed by atoms with E-state index in [-0.39, 0.29) is 11.9 Å². The number of hydrogen-bond acceptors (Lipinski definition) is 6. The molecule has 0 bridgehead atoms. The number of rotatable bonds is 6. The number of aryl methyl sites for hydroxylation is 1. The van der Waals surface area contributed by atoms with Crippen molar-refractivity contribution in [2.75, 3.05) is 25.1 Å². The van der Waals surface area contributed by atoms with Crippen molar-refractivity contribution in [3.05, 3.63) is 41.6 Å². The monoisotopic (exact) mass is 345 g/mol. The maximum Gasteiger partial charge on any atom is 0.256 e. The third-order valence-corrected chi connectivity index (χ3v) is 4.32. The molecule has 8 nitrogen and oxygen atoms in total. The minimum atomic E-state index is -0.469. The van der Waals surface area contributed by atoms with Crippen molar-refractivity contribution in [3.63, 3.8) is 0 Å². The summed E-state index contributed by atoms with van der Waals surface area (Å²) in [5.41, 5.74) is 1.56. The second-order valence-corrected chi connectivity index (χ2v) is 6.17. The topological polar surface area (TPSA) is 92.5 Å². The van der Waals surface area contributed by atoms with Crippen LogP contribution in [0.15, 0.2) is 30.5 Å². The number of benzene rings is 1. The van der Waals surface area contributed by atoms with E-state index in [0.29, 0.717) is 31.1 Å². The first-order valence-electron chi connectivity index (χ1n) is 8.33. The molecule has 0 radical (unpaired) electrons. The Morgan fingerprint density at radius 1 is 1.48 bits per heavy atom. The number of aliphatic hydroxyl groups is 1. The van der Waals surface area contributed by atoms with Crippen LogP contribution in [-0.2, 0) is 18.3 Å². The lowest BCUT2D eigenvalue weighted by atomic mass is 10.1. The van der Waals surface area contributed by atoms with Crippen molar-refractivity contribution < 1.29 is 14.6 Å². The lowest BCUT2D eigenvalue weighted by molar-refractivity contribution is 0.0807. The molecule has 2 heterocycles. The average Bonchev–Trinajstić information content (AvgIpc) is 3.21. The number of aromatic nitrogens is 3. The van der Waals surface area contributed by atoms with Crippen molar-refractivity contribution in [3.8, 4) is 0 Å². The molecule has 2 aromatic rings. The molecule has 3 rings (SSSR count). The number of hydrogen-bond donors (Lipinski definition) is 2. The zero-order chi connectivity index (χ0) is 17.8. The van der Waals surface area contributed by atoms with Crippen LogP contribution in [0.2, 0.25) is 0 Å². The van der Waals surface area contributed by atoms with Crippen LogP contribution in [0.5, 0.6) is 0 Å². The SMILES string of the molecule is CCN(Cc1cccc(C(=O)Nc2cn(C)nn2)c1)[C@H]1COC[C@@H]1O. The molecule has 0 unspecified atom stereocenters. The number of anilines is 1. The fourth-order valence-electron chi connectivity index (χ4n) is 2.98. The first-order chi connectivity index (χ1) is 12.1. The van der Waals surface area contributed by atoms with E-state index in [0.717, 1.165) is 12.1 Å². The largest absolute Gasteiger partial charge is 0.389 e. The Labute approximate surface area is 146 Å². The van der Waals surface area contributed by atoms with E-state index in [2.05, 4.69) is 27.5 Å². The molecule has 2 N–H and O–H groups in total. The Kier molecular flexibility index (Phi) is 5.42. The van der Waals surface area contributed by atoms with Crippen molar-refractivity contribution in [1.29, 1.82) is 0 Å². The molecule has 1 aliphatic rings. The molecular formula is C17H23N5O3. The van der Waals surface area contributed by atoms with E-state index < -0.39 is 6.10 Å². The second kappa shape index (κ2) is 7.73. The Bertz CT molecular complexity index is 733. The van der Waals surface area contributed by atoms with Gasteiger partial charge in [0.1, 0.15) is 0 Å². The molecule has 0 saturated carbocycles. The molecule has 1 aromatic heterocycles. The quantitative estimate of drug-likeness (QED) is 0.799. The number of carbonyl (C=O) groups is 1. The fraction of sp³-hybridized carbons (Fsp3) is 0.471. The predicted molar refractivity (Wildman–Crippen MR) is 92.1 cm³/mol. The smallest absolute Gasteiger partial charge is 0.256 e. The summed E-state index contributed by atoms with van der Waals surface area (Å²) in [4.78, 5) is 14.5. The number of aliphatic hydroxyl groups excluding tert-OH is 1. The molecule has 0 spiro atoms. The zero-order valence-electron chi connectivity index (χ0n) is 14.4. The summed E-state index contributed by atoms with van der Waals surface area (Å²) in [7, 11) is 1.74. The Morgan fingerprint density at radius 2 is 2.32 bits per heavy atom. The summed E-state index contributed by atoms with van der Waals surface area (Å²) in [5, 5.41) is 20.4. The van der Waals surface area contributed by atoms with Gasteiger partial charge in [0.15, 0.2) is 5.82 Å². The van der Waals surface area contributed by atoms with Gasteiger partial charge in [-0.25, -0.2) is 0 Å². The van der Waals surface area contributed by atoms with E-state index in [1.165, 1.54) is 4.68 Å². The summed E-state index contributed by atoms with van der Waals surface area (Å²) in [6.07, 6.45) is 1.17. The lowest BCUT2D eigenvalue weighted by Crippen LogP contribution is -2.42. The molecule has 1 fully saturated rings. The molecule has 1 aromatic carbocycles. The zero-order valence-corrected chi connectivity index (χ0v) is 14.4. The number of carbonyl (C=O) groups excluding carboxylic acids is 1. The van der Waals surface area contributed by atoms with Gasteiger partial charge in [-0.1, -0.05) is 24.3 Å². The van der Waals surface area contributed by atoms with Crippen LogP contribution in [-0.4, -0.2) is 62.8 Å². The van der Waals surface area contributed by atoms with E-state index in [1.54, 1.807) is 19.3 Å². The van der Waals surface area contributed by atoms with Crippen LogP contribution in [0.25, 0.3) is 0 Å². The highest BCUT2D eigenvalue weighted by atomic mass is 16.5. The summed E-state index contributed by atoms with van der Waals surface area (Å²) in [6.45, 7) is 4.40. The van der Waals surface area contributed by atoms with Crippen LogP contribution >= 0.6 is 0 Å². The van der Waals surface area contributed by atoms with E-state index in [9.17, 15) is 9.90 Å². The molecule has 134 valence electrons. The van der Waals surface area contributed by atoms with Crippen LogP contribution in [0.1, 0.15) is 22.8 Å². The molecule has 1 aliphatic heterocycles. The third kappa shape index (κ3) is 4.22. The molecule has 0 aliphatic carbocycles. The third-order valence-electron chi connectivity index (χ3n) is 4.32. The van der Waals surface area contributed by atoms with Crippen LogP contribution < -0.4 is 5.32 Å². The van der Waals surface area contributed by atoms with Crippen molar-refractivity contribution in [2.24, 2.45) is 7.05 Å². The average molecular weight is 345 g/mol. The molecular weight excluding hydrogens is 322 g/mol. The number of nitrogens with zero attached hydrogens (tertiary/aromatic N) is 4. The summed E-state index contributed by atoms with van der Waals surface area (Å²) in [5.74, 6) is 0.189. The van der Waals surface area contributed by atoms with E-state index in [1.807, 2.05) is 18.2 Å². The van der Waals surface area contributed by atoms with E-state index >= 15 is 0 Å². The van der Waals surface area contributed by atoms with Gasteiger partial charge in [0.05, 0.1) is 31.6 Å². The maximum absolute atomic E-state index is 12.4. The van der Waals surface area contributed by atoms with Gasteiger partial charge in [-0.3, -0.25) is 14.4 Å². The van der Waals surface area contributed by atoms with Crippen molar-refractivity contribution >= 4 is 11.7 Å². The Morgan fingerprint density at radius 3 is 2.96 bits per heavy atom. The summed E-state index contributed by atoms with van der Waals surface area (Å²) in [6, 6.07) is 7.44. The molecule has 8 heteroatoms. The highest BCUT2D eigenvalue weighted by Gasteiger charge is 2.30. The van der Waals surface area contributed by atoms with Crippen LogP contribution in [0.3, 0.4) is 0 Å². The second-order valence-electron chi connectivity index (χ2n) is 6.17. The van der Waals surface area contributed by atoms with Crippen LogP contribution in [0.4, 0.5) is 5.82 Å². The van der Waals surface area contributed by atoms with Gasteiger partial charge in [-0.2, -0.15) is 0 Å². The number of ether oxygens (including phenoxy) is 1. The van der Waals surface area contributed by atoms with Crippen molar-refractivity contribution in [1.82, 2.24) is 19.9 Å². The first kappa shape index (κ1) is 17.5. The molecule has 25 heavy (non-hydrogen) atoms. The predicted octanol–water partition coefficient (Wildman–Crippen LogP) is 0.649. The van der Waals surface area contributed by atoms with Gasteiger partial charge >= 0.3 is 0 Å². The fourth-order valence-corrected chi connectivity index (χ4v) is 2.98. The van der Waals surface area contributed by atoms with Crippen LogP contribution in [0, 0.1) is 0 Å². The van der Waals surface area contributed by atoms with Crippen molar-refractivity contribution in [2.45, 2.75) is 25.6 Å². The van der Waals surface area contributed by atoms with Gasteiger partial charge in [0, 0.05) is 19.2 Å². The maximum atomic E-state index is 12.4. The Hall–Kier alpha value is -2.29. The summed E-state index contributed by atoms with van der Waals surface area (Å²) >= 11 is 0. The number of nitrogens with one attached hydrogen (secondary N) is 1. The Balaban J connectivity index is 1.69. The standard InChI is InChI=1S/C17H23N5O3/c1-3-22(14-10-25-11-15(14)23)8-12-5-4-6-13(7-12)17(24)18-16-9-21(2)20-19-16/h4-7,9,14-15,23H,3,8,10-11H2,1-2H3,(H,18,24)/t14-,15-/m0/s1. The van der Waals surface area contributed by atoms with Gasteiger partial charge in [0.25, 0.3) is 5.91 Å². The number of likely N-dealkylation sites (N-methyl/N-ethyl adjacent to an activating group) is 1. The number of amides is 1. The molecule has 1 saturated heterocycles. The minimum Gasteiger partial charge on any atom is -0.389 e. The van der Waals surface area contributed by atoms with Gasteiger partial charge in [0.2, 0.25) is 0 Å². The minimum absolute atomic E-state index is 0.0120. The highest BCUT2D eigenvalue weighted by molar-refractivity contribution is 6.03. The molecule has 2 atom stereocenters.